The Bertz CT molecular complexity index is 765. The molecule has 1 aliphatic heterocycles. The molecule has 2 atom stereocenters. The number of amides is 1. The van der Waals surface area contributed by atoms with Crippen LogP contribution < -0.4 is 0 Å². The van der Waals surface area contributed by atoms with Gasteiger partial charge in [0.05, 0.1) is 12.5 Å². The summed E-state index contributed by atoms with van der Waals surface area (Å²) in [6.07, 6.45) is 6.28. The molecule has 2 aliphatic rings. The van der Waals surface area contributed by atoms with Crippen molar-refractivity contribution in [3.63, 3.8) is 0 Å². The lowest BCUT2D eigenvalue weighted by Crippen LogP contribution is -2.41. The number of aliphatic carboxylic acids is 1. The average Bonchev–Trinajstić information content (AvgIpc) is 2.82. The number of hydrogen-bond acceptors (Lipinski definition) is 3. The van der Waals surface area contributed by atoms with Gasteiger partial charge in [-0.3, -0.25) is 9.59 Å². The summed E-state index contributed by atoms with van der Waals surface area (Å²) in [5, 5.41) is 9.40. The Balaban J connectivity index is 1.89. The molecule has 2 unspecified atom stereocenters. The standard InChI is InChI=1S/C20H21NO4/c1-14-17(22)12-21(18(14)23)13-20(10-15-6-3-2-4-7-15)9-5-8-16(11-20)19(24)25/h2-9,14H,10-13H2,1H3,(H,24,25). The molecule has 1 saturated heterocycles. The highest BCUT2D eigenvalue weighted by atomic mass is 16.4. The van der Waals surface area contributed by atoms with E-state index in [-0.39, 0.29) is 18.2 Å². The van der Waals surface area contributed by atoms with Gasteiger partial charge in [-0.2, -0.15) is 0 Å². The maximum absolute atomic E-state index is 12.3. The lowest BCUT2D eigenvalue weighted by atomic mass is 9.73. The van der Waals surface area contributed by atoms with Crippen LogP contribution in [0.15, 0.2) is 54.1 Å². The number of carboxylic acid groups (broad SMARTS) is 1. The smallest absolute Gasteiger partial charge is 0.331 e. The zero-order valence-corrected chi connectivity index (χ0v) is 14.1. The van der Waals surface area contributed by atoms with Crippen molar-refractivity contribution in [2.45, 2.75) is 19.8 Å². The summed E-state index contributed by atoms with van der Waals surface area (Å²) >= 11 is 0. The summed E-state index contributed by atoms with van der Waals surface area (Å²) < 4.78 is 0. The third-order valence-corrected chi connectivity index (χ3v) is 4.98. The molecule has 0 spiro atoms. The number of allylic oxidation sites excluding steroid dienone is 2. The number of benzene rings is 1. The van der Waals surface area contributed by atoms with Crippen LogP contribution in [0.2, 0.25) is 0 Å². The second-order valence-corrected chi connectivity index (χ2v) is 6.94. The molecule has 0 saturated carbocycles. The molecule has 1 aromatic carbocycles. The number of ketones is 1. The van der Waals surface area contributed by atoms with E-state index in [0.29, 0.717) is 25.0 Å². The topological polar surface area (TPSA) is 74.7 Å². The normalized spacial score (nSPS) is 26.0. The van der Waals surface area contributed by atoms with E-state index in [2.05, 4.69) is 0 Å². The first-order chi connectivity index (χ1) is 11.9. The number of nitrogens with zero attached hydrogens (tertiary/aromatic N) is 1. The van der Waals surface area contributed by atoms with Crippen LogP contribution in [0.3, 0.4) is 0 Å². The summed E-state index contributed by atoms with van der Waals surface area (Å²) in [6.45, 7) is 2.09. The molecule has 5 nitrogen and oxygen atoms in total. The highest BCUT2D eigenvalue weighted by molar-refractivity contribution is 6.08. The Labute approximate surface area is 146 Å². The predicted molar refractivity (Wildman–Crippen MR) is 92.8 cm³/mol. The van der Waals surface area contributed by atoms with Crippen molar-refractivity contribution in [2.24, 2.45) is 11.3 Å². The molecule has 1 N–H and O–H groups in total. The van der Waals surface area contributed by atoms with Crippen LogP contribution >= 0.6 is 0 Å². The second-order valence-electron chi connectivity index (χ2n) is 6.94. The minimum absolute atomic E-state index is 0.0753. The predicted octanol–water partition coefficient (Wildman–Crippen LogP) is 2.23. The zero-order chi connectivity index (χ0) is 18.0. The summed E-state index contributed by atoms with van der Waals surface area (Å²) in [7, 11) is 0. The molecule has 1 aliphatic carbocycles. The van der Waals surface area contributed by atoms with Crippen molar-refractivity contribution in [2.75, 3.05) is 13.1 Å². The fourth-order valence-corrected chi connectivity index (χ4v) is 3.63. The largest absolute Gasteiger partial charge is 0.478 e. The Morgan fingerprint density at radius 2 is 2.00 bits per heavy atom. The third-order valence-electron chi connectivity index (χ3n) is 4.98. The van der Waals surface area contributed by atoms with Crippen LogP contribution in [-0.4, -0.2) is 40.8 Å². The van der Waals surface area contributed by atoms with E-state index in [1.807, 2.05) is 36.4 Å². The fraction of sp³-hybridized carbons (Fsp3) is 0.350. The van der Waals surface area contributed by atoms with Gasteiger partial charge in [0, 0.05) is 17.5 Å². The Morgan fingerprint density at radius 1 is 1.28 bits per heavy atom. The molecule has 0 bridgehead atoms. The fourth-order valence-electron chi connectivity index (χ4n) is 3.63. The highest BCUT2D eigenvalue weighted by Crippen LogP contribution is 2.37. The first-order valence-electron chi connectivity index (χ1n) is 8.37. The zero-order valence-electron chi connectivity index (χ0n) is 14.1. The van der Waals surface area contributed by atoms with Crippen LogP contribution in [-0.2, 0) is 20.8 Å². The van der Waals surface area contributed by atoms with Crippen molar-refractivity contribution in [3.05, 3.63) is 59.7 Å². The number of carbonyl (C=O) groups excluding carboxylic acids is 2. The number of carbonyl (C=O) groups is 3. The molecule has 25 heavy (non-hydrogen) atoms. The van der Waals surface area contributed by atoms with E-state index in [0.717, 1.165) is 5.56 Å². The van der Waals surface area contributed by atoms with Crippen molar-refractivity contribution in [1.29, 1.82) is 0 Å². The Hall–Kier alpha value is -2.69. The molecule has 1 amide bonds. The molecular weight excluding hydrogens is 318 g/mol. The molecule has 0 aromatic heterocycles. The molecule has 5 heteroatoms. The minimum Gasteiger partial charge on any atom is -0.478 e. The summed E-state index contributed by atoms with van der Waals surface area (Å²) in [5.74, 6) is -1.79. The molecule has 1 heterocycles. The maximum Gasteiger partial charge on any atom is 0.331 e. The monoisotopic (exact) mass is 339 g/mol. The van der Waals surface area contributed by atoms with E-state index in [4.69, 9.17) is 0 Å². The van der Waals surface area contributed by atoms with Gasteiger partial charge >= 0.3 is 5.97 Å². The van der Waals surface area contributed by atoms with Gasteiger partial charge < -0.3 is 10.0 Å². The Morgan fingerprint density at radius 3 is 2.60 bits per heavy atom. The van der Waals surface area contributed by atoms with Gasteiger partial charge in [-0.05, 0) is 25.3 Å². The van der Waals surface area contributed by atoms with Gasteiger partial charge in [0.25, 0.3) is 0 Å². The van der Waals surface area contributed by atoms with Gasteiger partial charge in [0.15, 0.2) is 5.78 Å². The van der Waals surface area contributed by atoms with Crippen molar-refractivity contribution in [1.82, 2.24) is 4.90 Å². The third kappa shape index (κ3) is 3.55. The highest BCUT2D eigenvalue weighted by Gasteiger charge is 2.41. The number of carboxylic acids is 1. The van der Waals surface area contributed by atoms with Crippen LogP contribution in [0.25, 0.3) is 0 Å². The minimum atomic E-state index is -0.945. The first-order valence-corrected chi connectivity index (χ1v) is 8.37. The van der Waals surface area contributed by atoms with Crippen molar-refractivity contribution in [3.8, 4) is 0 Å². The molecular formula is C20H21NO4. The van der Waals surface area contributed by atoms with Crippen LogP contribution in [0.1, 0.15) is 18.9 Å². The maximum atomic E-state index is 12.3. The summed E-state index contributed by atoms with van der Waals surface area (Å²) in [4.78, 5) is 37.3. The average molecular weight is 339 g/mol. The molecule has 130 valence electrons. The van der Waals surface area contributed by atoms with E-state index in [9.17, 15) is 19.5 Å². The van der Waals surface area contributed by atoms with Crippen LogP contribution in [0.4, 0.5) is 0 Å². The van der Waals surface area contributed by atoms with E-state index < -0.39 is 17.3 Å². The molecule has 1 aromatic rings. The van der Waals surface area contributed by atoms with E-state index in [1.165, 1.54) is 0 Å². The SMILES string of the molecule is CC1C(=O)CN(CC2(Cc3ccccc3)C=CC=C(C(=O)O)C2)C1=O. The molecule has 3 rings (SSSR count). The summed E-state index contributed by atoms with van der Waals surface area (Å²) in [5.41, 5.74) is 0.873. The van der Waals surface area contributed by atoms with Gasteiger partial charge in [-0.15, -0.1) is 0 Å². The number of Topliss-reactive ketones (excluding diaryl/α,β-unsaturated/α-hetero) is 1. The quantitative estimate of drug-likeness (QED) is 0.835. The van der Waals surface area contributed by atoms with E-state index >= 15 is 0 Å². The lowest BCUT2D eigenvalue weighted by Gasteiger charge is -2.36. The van der Waals surface area contributed by atoms with Crippen molar-refractivity contribution >= 4 is 17.7 Å². The number of rotatable bonds is 5. The Kier molecular flexibility index (Phi) is 4.57. The molecule has 1 fully saturated rings. The van der Waals surface area contributed by atoms with Crippen LogP contribution in [0.5, 0.6) is 0 Å². The van der Waals surface area contributed by atoms with Gasteiger partial charge in [0.1, 0.15) is 0 Å². The van der Waals surface area contributed by atoms with Crippen LogP contribution in [0, 0.1) is 11.3 Å². The lowest BCUT2D eigenvalue weighted by molar-refractivity contribution is -0.133. The summed E-state index contributed by atoms with van der Waals surface area (Å²) in [6, 6.07) is 9.80. The second kappa shape index (κ2) is 6.67. The first kappa shape index (κ1) is 17.1. The number of likely N-dealkylation sites (tertiary alicyclic amines) is 1. The van der Waals surface area contributed by atoms with Gasteiger partial charge in [-0.1, -0.05) is 48.6 Å². The van der Waals surface area contributed by atoms with Gasteiger partial charge in [0.2, 0.25) is 5.91 Å². The molecule has 0 radical (unpaired) electrons. The van der Waals surface area contributed by atoms with Crippen molar-refractivity contribution < 1.29 is 19.5 Å². The van der Waals surface area contributed by atoms with Gasteiger partial charge in [-0.25, -0.2) is 4.79 Å². The van der Waals surface area contributed by atoms with E-state index in [1.54, 1.807) is 24.0 Å². The number of hydrogen-bond donors (Lipinski definition) is 1.